The van der Waals surface area contributed by atoms with Crippen LogP contribution in [0.25, 0.3) is 0 Å². The number of nitrogens with zero attached hydrogens (tertiary/aromatic N) is 2. The summed E-state index contributed by atoms with van der Waals surface area (Å²) >= 11 is 9.80. The summed E-state index contributed by atoms with van der Waals surface area (Å²) in [6.45, 7) is 11.8. The van der Waals surface area contributed by atoms with E-state index in [-0.39, 0.29) is 30.7 Å². The van der Waals surface area contributed by atoms with Gasteiger partial charge >= 0.3 is 12.1 Å². The molecule has 9 heteroatoms. The quantitative estimate of drug-likeness (QED) is 0.316. The van der Waals surface area contributed by atoms with Crippen LogP contribution in [0, 0.1) is 5.92 Å². The third-order valence-corrected chi connectivity index (χ3v) is 7.44. The summed E-state index contributed by atoms with van der Waals surface area (Å²) in [6, 6.07) is 8.03. The molecule has 204 valence electrons. The number of halogens is 2. The molecule has 1 aromatic carbocycles. The summed E-state index contributed by atoms with van der Waals surface area (Å²) < 4.78 is 13.5. The molecule has 0 aliphatic heterocycles. The monoisotopic (exact) mass is 595 g/mol. The fourth-order valence-electron chi connectivity index (χ4n) is 5.04. The average Bonchev–Trinajstić information content (AvgIpc) is 3.15. The molecule has 1 fully saturated rings. The zero-order chi connectivity index (χ0) is 27.3. The molecule has 0 radical (unpaired) electrons. The van der Waals surface area contributed by atoms with E-state index in [2.05, 4.69) is 44.6 Å². The van der Waals surface area contributed by atoms with Crippen LogP contribution in [0.1, 0.15) is 107 Å². The number of ether oxygens (including phenoxy) is 2. The molecule has 1 unspecified atom stereocenters. The second kappa shape index (κ2) is 12.7. The fourth-order valence-corrected chi connectivity index (χ4v) is 5.95. The van der Waals surface area contributed by atoms with Crippen molar-refractivity contribution in [2.75, 3.05) is 6.61 Å². The van der Waals surface area contributed by atoms with Gasteiger partial charge in [0.15, 0.2) is 10.4 Å². The number of rotatable bonds is 8. The Morgan fingerprint density at radius 3 is 2.32 bits per heavy atom. The predicted octanol–water partition coefficient (Wildman–Crippen LogP) is 7.66. The normalized spacial score (nSPS) is 18.9. The Morgan fingerprint density at radius 2 is 1.78 bits per heavy atom. The van der Waals surface area contributed by atoms with Crippen molar-refractivity contribution in [3.63, 3.8) is 0 Å². The van der Waals surface area contributed by atoms with Crippen LogP contribution in [0.2, 0.25) is 5.02 Å². The van der Waals surface area contributed by atoms with E-state index < -0.39 is 11.6 Å². The van der Waals surface area contributed by atoms with Gasteiger partial charge in [-0.15, -0.1) is 0 Å². The highest BCUT2D eigenvalue weighted by Crippen LogP contribution is 2.41. The zero-order valence-electron chi connectivity index (χ0n) is 22.6. The molecule has 1 amide bonds. The van der Waals surface area contributed by atoms with Gasteiger partial charge in [0.2, 0.25) is 0 Å². The van der Waals surface area contributed by atoms with Gasteiger partial charge in [-0.25, -0.2) is 14.6 Å². The first-order valence-electron chi connectivity index (χ1n) is 13.1. The first kappa shape index (κ1) is 29.5. The molecule has 1 N–H and O–H groups in total. The van der Waals surface area contributed by atoms with E-state index in [1.165, 1.54) is 0 Å². The van der Waals surface area contributed by atoms with Crippen molar-refractivity contribution in [2.24, 2.45) is 5.92 Å². The van der Waals surface area contributed by atoms with Gasteiger partial charge in [0.1, 0.15) is 5.60 Å². The Morgan fingerprint density at radius 1 is 1.16 bits per heavy atom. The summed E-state index contributed by atoms with van der Waals surface area (Å²) in [5.74, 6) is -0.0678. The van der Waals surface area contributed by atoms with Gasteiger partial charge in [-0.05, 0) is 113 Å². The first-order valence-corrected chi connectivity index (χ1v) is 14.3. The molecule has 0 spiro atoms. The number of carbonyl (C=O) groups is 2. The summed E-state index contributed by atoms with van der Waals surface area (Å²) in [7, 11) is 0. The number of nitrogens with one attached hydrogen (secondary N) is 1. The SMILES string of the molecule is CCOC(=O)c1nc(Br)n(C(C)C)c1C(CC1CCC(NC(=O)OC(C)(C)C)CC1)c1ccc(Cl)cc1. The smallest absolute Gasteiger partial charge is 0.407 e. The van der Waals surface area contributed by atoms with Crippen LogP contribution in [0.3, 0.4) is 0 Å². The molecule has 0 saturated heterocycles. The Kier molecular flexibility index (Phi) is 10.1. The standard InChI is InChI=1S/C28H39BrClN3O4/c1-7-36-25(34)23-24(33(17(2)3)26(29)32-23)22(19-10-12-20(30)13-11-19)16-18-8-14-21(15-9-18)31-27(35)37-28(4,5)6/h10-13,17-18,21-22H,7-9,14-16H2,1-6H3,(H,31,35). The molecule has 1 aliphatic rings. The number of amides is 1. The third kappa shape index (κ3) is 7.96. The summed E-state index contributed by atoms with van der Waals surface area (Å²) in [4.78, 5) is 29.8. The zero-order valence-corrected chi connectivity index (χ0v) is 25.0. The lowest BCUT2D eigenvalue weighted by Crippen LogP contribution is -2.41. The van der Waals surface area contributed by atoms with E-state index in [1.54, 1.807) is 6.92 Å². The van der Waals surface area contributed by atoms with Gasteiger partial charge < -0.3 is 19.4 Å². The molecule has 2 aromatic rings. The van der Waals surface area contributed by atoms with Gasteiger partial charge in [-0.2, -0.15) is 0 Å². The average molecular weight is 597 g/mol. The highest BCUT2D eigenvalue weighted by atomic mass is 79.9. The van der Waals surface area contributed by atoms with Crippen molar-refractivity contribution in [1.29, 1.82) is 0 Å². The van der Waals surface area contributed by atoms with E-state index in [0.717, 1.165) is 43.4 Å². The first-order chi connectivity index (χ1) is 17.4. The van der Waals surface area contributed by atoms with E-state index in [0.29, 0.717) is 21.4 Å². The van der Waals surface area contributed by atoms with E-state index >= 15 is 0 Å². The van der Waals surface area contributed by atoms with Crippen LogP contribution >= 0.6 is 27.5 Å². The van der Waals surface area contributed by atoms with Crippen molar-refractivity contribution in [2.45, 2.75) is 97.2 Å². The third-order valence-electron chi connectivity index (χ3n) is 6.63. The molecule has 7 nitrogen and oxygen atoms in total. The molecule has 3 rings (SSSR count). The summed E-state index contributed by atoms with van der Waals surface area (Å²) in [6.07, 6.45) is 4.19. The second-order valence-electron chi connectivity index (χ2n) is 11.0. The number of benzene rings is 1. The van der Waals surface area contributed by atoms with E-state index in [1.807, 2.05) is 45.0 Å². The van der Waals surface area contributed by atoms with Crippen LogP contribution < -0.4 is 5.32 Å². The topological polar surface area (TPSA) is 82.5 Å². The Bertz CT molecular complexity index is 1070. The van der Waals surface area contributed by atoms with Gasteiger partial charge in [-0.1, -0.05) is 23.7 Å². The van der Waals surface area contributed by atoms with Crippen molar-refractivity contribution in [3.8, 4) is 0 Å². The fraction of sp³-hybridized carbons (Fsp3) is 0.607. The highest BCUT2D eigenvalue weighted by Gasteiger charge is 2.34. The Labute approximate surface area is 233 Å². The number of aromatic nitrogens is 2. The Balaban J connectivity index is 1.87. The lowest BCUT2D eigenvalue weighted by atomic mass is 9.77. The molecule has 1 atom stereocenters. The molecule has 1 aromatic heterocycles. The lowest BCUT2D eigenvalue weighted by molar-refractivity contribution is 0.0484. The number of hydrogen-bond donors (Lipinski definition) is 1. The van der Waals surface area contributed by atoms with Crippen LogP contribution in [-0.2, 0) is 9.47 Å². The van der Waals surface area contributed by atoms with Gasteiger partial charge in [0.25, 0.3) is 0 Å². The van der Waals surface area contributed by atoms with E-state index in [4.69, 9.17) is 21.1 Å². The maximum absolute atomic E-state index is 13.0. The van der Waals surface area contributed by atoms with Crippen molar-refractivity contribution < 1.29 is 19.1 Å². The molecule has 1 saturated carbocycles. The van der Waals surface area contributed by atoms with Crippen LogP contribution in [0.5, 0.6) is 0 Å². The minimum absolute atomic E-state index is 0.0711. The van der Waals surface area contributed by atoms with Crippen molar-refractivity contribution in [3.05, 3.63) is 51.0 Å². The number of hydrogen-bond acceptors (Lipinski definition) is 5. The van der Waals surface area contributed by atoms with Crippen LogP contribution in [-0.4, -0.2) is 39.9 Å². The van der Waals surface area contributed by atoms with Crippen molar-refractivity contribution >= 4 is 39.6 Å². The second-order valence-corrected chi connectivity index (χ2v) is 12.1. The molecular formula is C28H39BrClN3O4. The summed E-state index contributed by atoms with van der Waals surface area (Å²) in [5.41, 5.74) is 1.77. The minimum Gasteiger partial charge on any atom is -0.461 e. The maximum atomic E-state index is 13.0. The van der Waals surface area contributed by atoms with Gasteiger partial charge in [-0.3, -0.25) is 0 Å². The molecule has 1 heterocycles. The number of alkyl carbamates (subject to hydrolysis) is 1. The largest absolute Gasteiger partial charge is 0.461 e. The molecule has 1 aliphatic carbocycles. The molecule has 37 heavy (non-hydrogen) atoms. The predicted molar refractivity (Wildman–Crippen MR) is 149 cm³/mol. The minimum atomic E-state index is -0.517. The lowest BCUT2D eigenvalue weighted by Gasteiger charge is -2.33. The number of esters is 1. The van der Waals surface area contributed by atoms with Crippen molar-refractivity contribution in [1.82, 2.24) is 14.9 Å². The van der Waals surface area contributed by atoms with Gasteiger partial charge in [0.05, 0.1) is 12.3 Å². The van der Waals surface area contributed by atoms with Gasteiger partial charge in [0, 0.05) is 23.0 Å². The molecular weight excluding hydrogens is 558 g/mol. The highest BCUT2D eigenvalue weighted by molar-refractivity contribution is 9.10. The summed E-state index contributed by atoms with van der Waals surface area (Å²) in [5, 5.41) is 3.69. The number of carbonyl (C=O) groups excluding carboxylic acids is 2. The maximum Gasteiger partial charge on any atom is 0.407 e. The Hall–Kier alpha value is -2.06. The molecule has 0 bridgehead atoms. The van der Waals surface area contributed by atoms with E-state index in [9.17, 15) is 9.59 Å². The van der Waals surface area contributed by atoms with Crippen LogP contribution in [0.15, 0.2) is 29.0 Å². The van der Waals surface area contributed by atoms with Crippen LogP contribution in [0.4, 0.5) is 4.79 Å². The number of imidazole rings is 1.